The van der Waals surface area contributed by atoms with E-state index in [-0.39, 0.29) is 6.10 Å². The highest BCUT2D eigenvalue weighted by atomic mass is 16.5. The molecule has 0 aliphatic carbocycles. The van der Waals surface area contributed by atoms with E-state index in [0.717, 1.165) is 34.0 Å². The summed E-state index contributed by atoms with van der Waals surface area (Å²) in [5.74, 6) is 1.72. The maximum atomic E-state index is 6.14. The number of ether oxygens (including phenoxy) is 2. The number of imidazole rings is 1. The van der Waals surface area contributed by atoms with Crippen LogP contribution in [0.25, 0.3) is 28.5 Å². The third kappa shape index (κ3) is 3.93. The maximum Gasteiger partial charge on any atom is 0.238 e. The van der Waals surface area contributed by atoms with Gasteiger partial charge in [-0.3, -0.25) is 9.97 Å². The average Bonchev–Trinajstić information content (AvgIpc) is 3.55. The Kier molecular flexibility index (Phi) is 5.27. The molecule has 5 aromatic rings. The Morgan fingerprint density at radius 2 is 2.00 bits per heavy atom. The minimum absolute atomic E-state index is 0.350. The van der Waals surface area contributed by atoms with Crippen LogP contribution in [0.3, 0.4) is 0 Å². The van der Waals surface area contributed by atoms with Crippen molar-refractivity contribution in [3.8, 4) is 34.3 Å². The Morgan fingerprint density at radius 1 is 1.06 bits per heavy atom. The van der Waals surface area contributed by atoms with Crippen molar-refractivity contribution in [2.24, 2.45) is 0 Å². The van der Waals surface area contributed by atoms with Crippen molar-refractivity contribution >= 4 is 0 Å². The molecule has 0 saturated heterocycles. The first kappa shape index (κ1) is 21.1. The second-order valence-electron chi connectivity index (χ2n) is 8.13. The van der Waals surface area contributed by atoms with E-state index in [0.29, 0.717) is 30.5 Å². The van der Waals surface area contributed by atoms with E-state index in [2.05, 4.69) is 26.0 Å². The summed E-state index contributed by atoms with van der Waals surface area (Å²) >= 11 is 0. The van der Waals surface area contributed by atoms with Crippen molar-refractivity contribution in [1.82, 2.24) is 39.3 Å². The number of pyridine rings is 1. The summed E-state index contributed by atoms with van der Waals surface area (Å²) in [5, 5.41) is 4.73. The summed E-state index contributed by atoms with van der Waals surface area (Å²) in [6.07, 6.45) is 8.39. The average molecular weight is 467 g/mol. The quantitative estimate of drug-likeness (QED) is 0.388. The zero-order valence-corrected chi connectivity index (χ0v) is 19.2. The van der Waals surface area contributed by atoms with E-state index in [1.54, 1.807) is 32.0 Å². The smallest absolute Gasteiger partial charge is 0.238 e. The van der Waals surface area contributed by atoms with Crippen LogP contribution < -0.4 is 4.74 Å². The number of methoxy groups -OCH3 is 1. The number of nitrogens with zero attached hydrogens (tertiary/aromatic N) is 8. The Bertz CT molecular complexity index is 1490. The molecule has 6 rings (SSSR count). The molecular formula is C25H22N8O2. The lowest BCUT2D eigenvalue weighted by atomic mass is 10.0. The molecule has 0 N–H and O–H groups in total. The number of fused-ring (bicyclic) bond motifs is 1. The van der Waals surface area contributed by atoms with Crippen molar-refractivity contribution in [3.63, 3.8) is 0 Å². The number of benzene rings is 1. The Hall–Kier alpha value is -4.44. The molecule has 10 heteroatoms. The van der Waals surface area contributed by atoms with E-state index < -0.39 is 0 Å². The van der Waals surface area contributed by atoms with E-state index in [1.807, 2.05) is 52.7 Å². The van der Waals surface area contributed by atoms with E-state index in [4.69, 9.17) is 19.6 Å². The lowest BCUT2D eigenvalue weighted by Gasteiger charge is -2.23. The molecule has 1 aromatic carbocycles. The second kappa shape index (κ2) is 8.73. The lowest BCUT2D eigenvalue weighted by Crippen LogP contribution is -2.23. The zero-order valence-electron chi connectivity index (χ0n) is 19.2. The van der Waals surface area contributed by atoms with Crippen LogP contribution in [0.5, 0.6) is 5.88 Å². The van der Waals surface area contributed by atoms with Gasteiger partial charge in [0.25, 0.3) is 0 Å². The van der Waals surface area contributed by atoms with E-state index >= 15 is 0 Å². The van der Waals surface area contributed by atoms with Gasteiger partial charge in [0.2, 0.25) is 5.88 Å². The van der Waals surface area contributed by atoms with Gasteiger partial charge < -0.3 is 14.0 Å². The molecule has 1 atom stereocenters. The second-order valence-corrected chi connectivity index (χ2v) is 8.13. The lowest BCUT2D eigenvalue weighted by molar-refractivity contribution is 0.0390. The standard InChI is InChI=1S/C25H22N8O2/c1-16-14-32(15-28-16)21-7-6-19(29-25(21)34-2)23-30-24-22(35-11-10-33(24)31-23)18-5-3-4-17(12-18)20-13-26-8-9-27-20/h3-9,12-15,22H,10-11H2,1-2H3/t22-/m0/s1. The maximum absolute atomic E-state index is 6.14. The van der Waals surface area contributed by atoms with Gasteiger partial charge in [0.1, 0.15) is 17.5 Å². The number of aryl methyl sites for hydroxylation is 1. The fourth-order valence-corrected chi connectivity index (χ4v) is 4.16. The highest BCUT2D eigenvalue weighted by molar-refractivity contribution is 5.59. The first-order valence-electron chi connectivity index (χ1n) is 11.2. The van der Waals surface area contributed by atoms with Crippen LogP contribution in [0, 0.1) is 6.92 Å². The van der Waals surface area contributed by atoms with Crippen LogP contribution in [0.4, 0.5) is 0 Å². The molecule has 0 amide bonds. The normalized spacial score (nSPS) is 15.1. The van der Waals surface area contributed by atoms with Crippen molar-refractivity contribution in [2.45, 2.75) is 19.6 Å². The fraction of sp³-hybridized carbons (Fsp3) is 0.200. The van der Waals surface area contributed by atoms with E-state index in [1.165, 1.54) is 0 Å². The Balaban J connectivity index is 1.35. The van der Waals surface area contributed by atoms with Crippen molar-refractivity contribution in [2.75, 3.05) is 13.7 Å². The predicted molar refractivity (Wildman–Crippen MR) is 127 cm³/mol. The van der Waals surface area contributed by atoms with Crippen molar-refractivity contribution in [1.29, 1.82) is 0 Å². The fourth-order valence-electron chi connectivity index (χ4n) is 4.16. The van der Waals surface area contributed by atoms with Crippen molar-refractivity contribution in [3.05, 3.63) is 84.6 Å². The van der Waals surface area contributed by atoms with Gasteiger partial charge in [0, 0.05) is 24.2 Å². The molecule has 1 aliphatic heterocycles. The van der Waals surface area contributed by atoms with Gasteiger partial charge in [0.15, 0.2) is 11.6 Å². The van der Waals surface area contributed by atoms with Crippen LogP contribution >= 0.6 is 0 Å². The molecule has 174 valence electrons. The molecule has 35 heavy (non-hydrogen) atoms. The summed E-state index contributed by atoms with van der Waals surface area (Å²) in [6, 6.07) is 11.9. The molecule has 0 bridgehead atoms. The molecule has 0 spiro atoms. The SMILES string of the molecule is COc1nc(-c2nc3n(n2)CCO[C@H]3c2cccc(-c3cnccn3)c2)ccc1-n1cnc(C)c1. The zero-order chi connectivity index (χ0) is 23.8. The van der Waals surface area contributed by atoms with Crippen LogP contribution in [0.1, 0.15) is 23.2 Å². The number of hydrogen-bond donors (Lipinski definition) is 0. The van der Waals surface area contributed by atoms with Gasteiger partial charge in [-0.1, -0.05) is 18.2 Å². The van der Waals surface area contributed by atoms with Gasteiger partial charge >= 0.3 is 0 Å². The largest absolute Gasteiger partial charge is 0.479 e. The van der Waals surface area contributed by atoms with Gasteiger partial charge in [-0.15, -0.1) is 5.10 Å². The summed E-state index contributed by atoms with van der Waals surface area (Å²) < 4.78 is 15.5. The van der Waals surface area contributed by atoms with Crippen LogP contribution in [0.2, 0.25) is 0 Å². The number of hydrogen-bond acceptors (Lipinski definition) is 8. The molecular weight excluding hydrogens is 444 g/mol. The summed E-state index contributed by atoms with van der Waals surface area (Å²) in [5.41, 5.74) is 5.07. The van der Waals surface area contributed by atoms with Crippen LogP contribution in [0.15, 0.2) is 67.5 Å². The molecule has 0 radical (unpaired) electrons. The third-order valence-corrected chi connectivity index (χ3v) is 5.82. The minimum atomic E-state index is -0.350. The summed E-state index contributed by atoms with van der Waals surface area (Å²) in [4.78, 5) is 22.4. The van der Waals surface area contributed by atoms with Gasteiger partial charge in [-0.05, 0) is 30.7 Å². The molecule has 5 heterocycles. The molecule has 0 unspecified atom stereocenters. The van der Waals surface area contributed by atoms with Crippen LogP contribution in [-0.2, 0) is 11.3 Å². The molecule has 0 saturated carbocycles. The molecule has 10 nitrogen and oxygen atoms in total. The third-order valence-electron chi connectivity index (χ3n) is 5.82. The molecule has 0 fully saturated rings. The number of aromatic nitrogens is 8. The Morgan fingerprint density at radius 3 is 2.80 bits per heavy atom. The number of rotatable bonds is 5. The van der Waals surface area contributed by atoms with E-state index in [9.17, 15) is 0 Å². The first-order valence-corrected chi connectivity index (χ1v) is 11.2. The molecule has 4 aromatic heterocycles. The first-order chi connectivity index (χ1) is 17.2. The Labute approximate surface area is 201 Å². The summed E-state index contributed by atoms with van der Waals surface area (Å²) in [7, 11) is 1.60. The van der Waals surface area contributed by atoms with Gasteiger partial charge in [-0.25, -0.2) is 19.6 Å². The topological polar surface area (TPSA) is 106 Å². The highest BCUT2D eigenvalue weighted by Crippen LogP contribution is 2.32. The van der Waals surface area contributed by atoms with Crippen molar-refractivity contribution < 1.29 is 9.47 Å². The van der Waals surface area contributed by atoms with Crippen LogP contribution in [-0.4, -0.2) is 53.0 Å². The highest BCUT2D eigenvalue weighted by Gasteiger charge is 2.28. The monoisotopic (exact) mass is 466 g/mol. The molecule has 1 aliphatic rings. The predicted octanol–water partition coefficient (Wildman–Crippen LogP) is 3.42. The van der Waals surface area contributed by atoms with Gasteiger partial charge in [0.05, 0.1) is 44.2 Å². The van der Waals surface area contributed by atoms with Gasteiger partial charge in [-0.2, -0.15) is 0 Å². The summed E-state index contributed by atoms with van der Waals surface area (Å²) in [6.45, 7) is 3.09. The minimum Gasteiger partial charge on any atom is -0.479 e.